The van der Waals surface area contributed by atoms with Crippen molar-refractivity contribution in [1.82, 2.24) is 10.2 Å². The fraction of sp³-hybridized carbons (Fsp3) is 0.611. The maximum absolute atomic E-state index is 12.6. The molecule has 24 heavy (non-hydrogen) atoms. The van der Waals surface area contributed by atoms with Gasteiger partial charge in [-0.1, -0.05) is 19.1 Å². The average molecular weight is 340 g/mol. The van der Waals surface area contributed by atoms with E-state index in [-0.39, 0.29) is 12.0 Å². The molecule has 3 nitrogen and oxygen atoms in total. The van der Waals surface area contributed by atoms with Gasteiger partial charge in [-0.2, -0.15) is 13.2 Å². The number of nitrogens with zero attached hydrogens (tertiary/aromatic N) is 1. The number of carbonyl (C=O) groups is 1. The molecule has 0 spiro atoms. The fourth-order valence-corrected chi connectivity index (χ4v) is 3.30. The van der Waals surface area contributed by atoms with Crippen molar-refractivity contribution in [3.8, 4) is 0 Å². The van der Waals surface area contributed by atoms with E-state index in [2.05, 4.69) is 12.2 Å². The van der Waals surface area contributed by atoms with E-state index in [0.717, 1.165) is 50.0 Å². The van der Waals surface area contributed by atoms with Crippen molar-refractivity contribution in [3.05, 3.63) is 35.4 Å². The van der Waals surface area contributed by atoms with E-state index in [0.29, 0.717) is 18.4 Å². The van der Waals surface area contributed by atoms with Crippen molar-refractivity contribution in [1.29, 1.82) is 0 Å². The summed E-state index contributed by atoms with van der Waals surface area (Å²) in [5.41, 5.74) is 0.221. The molecule has 2 atom stereocenters. The van der Waals surface area contributed by atoms with Gasteiger partial charge in [0.2, 0.25) is 5.91 Å². The molecule has 2 aliphatic rings. The van der Waals surface area contributed by atoms with Crippen molar-refractivity contribution in [2.45, 2.75) is 44.9 Å². The number of hydrogen-bond donors (Lipinski definition) is 1. The number of halogens is 3. The van der Waals surface area contributed by atoms with Crippen molar-refractivity contribution >= 4 is 5.91 Å². The minimum atomic E-state index is -4.29. The third-order valence-electron chi connectivity index (χ3n) is 4.99. The van der Waals surface area contributed by atoms with Gasteiger partial charge in [0.05, 0.1) is 5.56 Å². The lowest BCUT2D eigenvalue weighted by molar-refractivity contribution is -0.137. The number of alkyl halides is 3. The molecule has 132 valence electrons. The summed E-state index contributed by atoms with van der Waals surface area (Å²) in [6, 6.07) is 5.57. The van der Waals surface area contributed by atoms with Crippen LogP contribution in [0.25, 0.3) is 0 Å². The Hall–Kier alpha value is -1.56. The van der Waals surface area contributed by atoms with E-state index >= 15 is 0 Å². The molecule has 0 bridgehead atoms. The van der Waals surface area contributed by atoms with Crippen LogP contribution < -0.4 is 5.32 Å². The Morgan fingerprint density at radius 2 is 1.88 bits per heavy atom. The lowest BCUT2D eigenvalue weighted by Gasteiger charge is -2.37. The minimum absolute atomic E-state index is 0.258. The van der Waals surface area contributed by atoms with Crippen LogP contribution in [-0.2, 0) is 17.5 Å². The van der Waals surface area contributed by atoms with Crippen molar-refractivity contribution in [3.63, 3.8) is 0 Å². The molecule has 0 aromatic heterocycles. The topological polar surface area (TPSA) is 32.3 Å². The molecule has 1 aromatic carbocycles. The number of piperidine rings is 1. The van der Waals surface area contributed by atoms with Gasteiger partial charge in [0.25, 0.3) is 0 Å². The summed E-state index contributed by atoms with van der Waals surface area (Å²) in [7, 11) is 0. The monoisotopic (exact) mass is 340 g/mol. The van der Waals surface area contributed by atoms with Crippen LogP contribution in [0, 0.1) is 11.8 Å². The highest BCUT2D eigenvalue weighted by atomic mass is 19.4. The fourth-order valence-electron chi connectivity index (χ4n) is 3.30. The number of amides is 1. The Kier molecular flexibility index (Phi) is 4.85. The molecule has 0 radical (unpaired) electrons. The first-order valence-corrected chi connectivity index (χ1v) is 8.53. The van der Waals surface area contributed by atoms with Crippen LogP contribution in [0.1, 0.15) is 37.3 Å². The molecule has 3 rings (SSSR count). The SMILES string of the molecule is C[C@H]1CN(C(=O)C2CC2)CC[C@@H]1NCc1ccc(C(F)(F)F)cc1. The summed E-state index contributed by atoms with van der Waals surface area (Å²) in [4.78, 5) is 14.1. The molecule has 2 fully saturated rings. The predicted octanol–water partition coefficient (Wildman–Crippen LogP) is 3.44. The zero-order chi connectivity index (χ0) is 17.3. The number of nitrogens with one attached hydrogen (secondary N) is 1. The van der Waals surface area contributed by atoms with Gasteiger partial charge in [0.15, 0.2) is 0 Å². The van der Waals surface area contributed by atoms with Crippen molar-refractivity contribution < 1.29 is 18.0 Å². The van der Waals surface area contributed by atoms with Gasteiger partial charge in [-0.25, -0.2) is 0 Å². The molecule has 1 N–H and O–H groups in total. The van der Waals surface area contributed by atoms with Gasteiger partial charge in [-0.05, 0) is 42.9 Å². The zero-order valence-electron chi connectivity index (χ0n) is 13.8. The number of carbonyl (C=O) groups excluding carboxylic acids is 1. The molecule has 1 saturated carbocycles. The van der Waals surface area contributed by atoms with Crippen LogP contribution in [0.3, 0.4) is 0 Å². The Labute approximate surface area is 140 Å². The maximum Gasteiger partial charge on any atom is 0.416 e. The second kappa shape index (κ2) is 6.75. The van der Waals surface area contributed by atoms with Crippen LogP contribution in [0.4, 0.5) is 13.2 Å². The second-order valence-electron chi connectivity index (χ2n) is 7.01. The smallest absolute Gasteiger partial charge is 0.342 e. The Bertz CT molecular complexity index is 581. The Balaban J connectivity index is 1.49. The molecule has 0 unspecified atom stereocenters. The van der Waals surface area contributed by atoms with Gasteiger partial charge < -0.3 is 10.2 Å². The number of hydrogen-bond acceptors (Lipinski definition) is 2. The molecular formula is C18H23F3N2O. The van der Waals surface area contributed by atoms with Gasteiger partial charge >= 0.3 is 6.18 Å². The molecule has 1 aromatic rings. The van der Waals surface area contributed by atoms with Gasteiger partial charge in [0, 0.05) is 31.6 Å². The predicted molar refractivity (Wildman–Crippen MR) is 85.2 cm³/mol. The lowest BCUT2D eigenvalue weighted by Crippen LogP contribution is -2.50. The highest BCUT2D eigenvalue weighted by Gasteiger charge is 2.36. The highest BCUT2D eigenvalue weighted by Crippen LogP contribution is 2.32. The van der Waals surface area contributed by atoms with Gasteiger partial charge in [-0.15, -0.1) is 0 Å². The first-order chi connectivity index (χ1) is 11.3. The molecule has 1 saturated heterocycles. The van der Waals surface area contributed by atoms with Gasteiger partial charge in [0.1, 0.15) is 0 Å². The summed E-state index contributed by atoms with van der Waals surface area (Å²) in [6.45, 7) is 4.20. The van der Waals surface area contributed by atoms with E-state index in [1.54, 1.807) is 0 Å². The van der Waals surface area contributed by atoms with E-state index in [9.17, 15) is 18.0 Å². The Morgan fingerprint density at radius 3 is 2.42 bits per heavy atom. The molecule has 1 amide bonds. The van der Waals surface area contributed by atoms with E-state index in [4.69, 9.17) is 0 Å². The second-order valence-corrected chi connectivity index (χ2v) is 7.01. The quantitative estimate of drug-likeness (QED) is 0.911. The number of benzene rings is 1. The van der Waals surface area contributed by atoms with Crippen molar-refractivity contribution in [2.24, 2.45) is 11.8 Å². The van der Waals surface area contributed by atoms with E-state index in [1.165, 1.54) is 12.1 Å². The molecule has 1 heterocycles. The third-order valence-corrected chi connectivity index (χ3v) is 4.99. The molecule has 1 aliphatic carbocycles. The van der Waals surface area contributed by atoms with Crippen LogP contribution in [0.2, 0.25) is 0 Å². The summed E-state index contributed by atoms with van der Waals surface area (Å²) in [6.07, 6.45) is -1.35. The third kappa shape index (κ3) is 4.09. The Morgan fingerprint density at radius 1 is 1.21 bits per heavy atom. The summed E-state index contributed by atoms with van der Waals surface area (Å²) in [5, 5.41) is 3.43. The molecule has 1 aliphatic heterocycles. The number of rotatable bonds is 4. The highest BCUT2D eigenvalue weighted by molar-refractivity contribution is 5.81. The average Bonchev–Trinajstić information content (AvgIpc) is 3.37. The first kappa shape index (κ1) is 17.3. The van der Waals surface area contributed by atoms with Crippen LogP contribution >= 0.6 is 0 Å². The van der Waals surface area contributed by atoms with Gasteiger partial charge in [-0.3, -0.25) is 4.79 Å². The summed E-state index contributed by atoms with van der Waals surface area (Å²) < 4.78 is 37.7. The summed E-state index contributed by atoms with van der Waals surface area (Å²) >= 11 is 0. The zero-order valence-corrected chi connectivity index (χ0v) is 13.8. The van der Waals surface area contributed by atoms with Crippen LogP contribution in [0.15, 0.2) is 24.3 Å². The summed E-state index contributed by atoms with van der Waals surface area (Å²) in [5.74, 6) is 0.896. The minimum Gasteiger partial charge on any atom is -0.342 e. The van der Waals surface area contributed by atoms with Crippen LogP contribution in [-0.4, -0.2) is 29.9 Å². The van der Waals surface area contributed by atoms with Crippen LogP contribution in [0.5, 0.6) is 0 Å². The van der Waals surface area contributed by atoms with E-state index in [1.807, 2.05) is 4.90 Å². The maximum atomic E-state index is 12.6. The normalized spacial score (nSPS) is 24.9. The van der Waals surface area contributed by atoms with Crippen molar-refractivity contribution in [2.75, 3.05) is 13.1 Å². The first-order valence-electron chi connectivity index (χ1n) is 8.53. The number of likely N-dealkylation sites (tertiary alicyclic amines) is 1. The largest absolute Gasteiger partial charge is 0.416 e. The molecular weight excluding hydrogens is 317 g/mol. The standard InChI is InChI=1S/C18H23F3N2O/c1-12-11-23(17(24)14-4-5-14)9-8-16(12)22-10-13-2-6-15(7-3-13)18(19,20)21/h2-3,6-7,12,14,16,22H,4-5,8-11H2,1H3/t12-,16-/m0/s1. The van der Waals surface area contributed by atoms with E-state index < -0.39 is 11.7 Å². The molecule has 6 heteroatoms. The lowest BCUT2D eigenvalue weighted by atomic mass is 9.93.